The molecule has 4 aliphatic rings. The molecule has 21 heavy (non-hydrogen) atoms. The van der Waals surface area contributed by atoms with Gasteiger partial charge in [0.1, 0.15) is 0 Å². The second-order valence-electron chi connectivity index (χ2n) is 6.85. The van der Waals surface area contributed by atoms with Gasteiger partial charge in [-0.25, -0.2) is 0 Å². The fraction of sp³-hybridized carbons (Fsp3) is 0.588. The van der Waals surface area contributed by atoms with Gasteiger partial charge in [0.25, 0.3) is 11.7 Å². The van der Waals surface area contributed by atoms with Crippen LogP contribution in [0.2, 0.25) is 0 Å². The lowest BCUT2D eigenvalue weighted by atomic mass is 9.82. The molecule has 1 saturated heterocycles. The fourth-order valence-corrected chi connectivity index (χ4v) is 4.85. The van der Waals surface area contributed by atoms with Crippen LogP contribution in [0.15, 0.2) is 18.2 Å². The molecule has 0 radical (unpaired) electrons. The third-order valence-electron chi connectivity index (χ3n) is 5.81. The summed E-state index contributed by atoms with van der Waals surface area (Å²) in [7, 11) is 0. The van der Waals surface area contributed by atoms with Crippen LogP contribution >= 0.6 is 0 Å². The van der Waals surface area contributed by atoms with Crippen LogP contribution in [0.3, 0.4) is 0 Å². The minimum absolute atomic E-state index is 0.180. The van der Waals surface area contributed by atoms with Gasteiger partial charge in [-0.3, -0.25) is 4.79 Å². The molecule has 3 fully saturated rings. The Morgan fingerprint density at radius 1 is 1.14 bits per heavy atom. The lowest BCUT2D eigenvalue weighted by Crippen LogP contribution is -2.35. The molecule has 4 nitrogen and oxygen atoms in total. The van der Waals surface area contributed by atoms with Crippen LogP contribution in [0.4, 0.5) is 5.69 Å². The molecular weight excluding hydrogens is 266 g/mol. The van der Waals surface area contributed by atoms with Crippen molar-refractivity contribution in [2.75, 3.05) is 18.5 Å². The molecule has 2 aliphatic carbocycles. The Morgan fingerprint density at radius 2 is 2.00 bits per heavy atom. The van der Waals surface area contributed by atoms with Gasteiger partial charge in [-0.15, -0.1) is 0 Å². The standard InChI is InChI=1S/C17H19NO3/c19-16-17(20-5-6-21-17)14-9-12(3-4-15(14)18-16)13-8-10-1-2-11(13)7-10/h3-4,9-11,13H,1-2,5-8H2,(H,18,19). The van der Waals surface area contributed by atoms with Gasteiger partial charge in [0.2, 0.25) is 0 Å². The van der Waals surface area contributed by atoms with Gasteiger partial charge >= 0.3 is 0 Å². The summed E-state index contributed by atoms with van der Waals surface area (Å²) in [5.74, 6) is 1.05. The number of rotatable bonds is 1. The molecule has 1 amide bonds. The van der Waals surface area contributed by atoms with Crippen molar-refractivity contribution >= 4 is 11.6 Å². The Labute approximate surface area is 123 Å². The largest absolute Gasteiger partial charge is 0.336 e. The highest BCUT2D eigenvalue weighted by Gasteiger charge is 2.53. The summed E-state index contributed by atoms with van der Waals surface area (Å²) in [6, 6.07) is 6.36. The van der Waals surface area contributed by atoms with Gasteiger partial charge in [-0.2, -0.15) is 0 Å². The molecule has 1 aromatic carbocycles. The quantitative estimate of drug-likeness (QED) is 0.863. The molecule has 4 heteroatoms. The van der Waals surface area contributed by atoms with Crippen molar-refractivity contribution in [1.82, 2.24) is 0 Å². The topological polar surface area (TPSA) is 47.6 Å². The van der Waals surface area contributed by atoms with Gasteiger partial charge in [-0.05, 0) is 54.7 Å². The van der Waals surface area contributed by atoms with Crippen LogP contribution in [0.25, 0.3) is 0 Å². The van der Waals surface area contributed by atoms with Crippen LogP contribution < -0.4 is 5.32 Å². The van der Waals surface area contributed by atoms with Gasteiger partial charge in [0, 0.05) is 5.56 Å². The first-order chi connectivity index (χ1) is 10.3. The van der Waals surface area contributed by atoms with Crippen molar-refractivity contribution in [1.29, 1.82) is 0 Å². The molecule has 2 aliphatic heterocycles. The smallest absolute Gasteiger partial charge is 0.289 e. The zero-order chi connectivity index (χ0) is 14.0. The Bertz CT molecular complexity index is 620. The summed E-state index contributed by atoms with van der Waals surface area (Å²) in [4.78, 5) is 12.3. The first-order valence-electron chi connectivity index (χ1n) is 8.00. The zero-order valence-electron chi connectivity index (χ0n) is 11.9. The van der Waals surface area contributed by atoms with E-state index in [9.17, 15) is 4.79 Å². The molecule has 1 N–H and O–H groups in total. The van der Waals surface area contributed by atoms with Gasteiger partial charge in [0.15, 0.2) is 0 Å². The minimum Gasteiger partial charge on any atom is -0.336 e. The highest BCUT2D eigenvalue weighted by Crippen LogP contribution is 2.54. The van der Waals surface area contributed by atoms with Crippen LogP contribution in [0.5, 0.6) is 0 Å². The van der Waals surface area contributed by atoms with E-state index in [2.05, 4.69) is 17.4 Å². The summed E-state index contributed by atoms with van der Waals surface area (Å²) in [6.45, 7) is 0.955. The second-order valence-corrected chi connectivity index (χ2v) is 6.85. The molecule has 2 bridgehead atoms. The predicted molar refractivity (Wildman–Crippen MR) is 76.8 cm³/mol. The number of fused-ring (bicyclic) bond motifs is 4. The third-order valence-corrected chi connectivity index (χ3v) is 5.81. The first-order valence-corrected chi connectivity index (χ1v) is 8.00. The zero-order valence-corrected chi connectivity index (χ0v) is 11.9. The maximum Gasteiger partial charge on any atom is 0.289 e. The number of hydrogen-bond acceptors (Lipinski definition) is 3. The number of nitrogens with one attached hydrogen (secondary N) is 1. The summed E-state index contributed by atoms with van der Waals surface area (Å²) >= 11 is 0. The average molecular weight is 285 g/mol. The summed E-state index contributed by atoms with van der Waals surface area (Å²) in [5.41, 5.74) is 3.08. The van der Waals surface area contributed by atoms with Crippen molar-refractivity contribution in [2.24, 2.45) is 11.8 Å². The Morgan fingerprint density at radius 3 is 2.71 bits per heavy atom. The molecule has 1 aromatic rings. The maximum atomic E-state index is 12.3. The highest BCUT2D eigenvalue weighted by molar-refractivity contribution is 6.04. The predicted octanol–water partition coefficient (Wildman–Crippen LogP) is 2.74. The summed E-state index contributed by atoms with van der Waals surface area (Å²) in [6.07, 6.45) is 5.46. The third kappa shape index (κ3) is 1.55. The second kappa shape index (κ2) is 4.08. The van der Waals surface area contributed by atoms with Crippen LogP contribution in [-0.2, 0) is 20.1 Å². The van der Waals surface area contributed by atoms with E-state index < -0.39 is 5.79 Å². The van der Waals surface area contributed by atoms with E-state index in [0.29, 0.717) is 19.1 Å². The van der Waals surface area contributed by atoms with Crippen molar-refractivity contribution in [2.45, 2.75) is 37.4 Å². The molecule has 5 rings (SSSR count). The molecule has 2 saturated carbocycles. The number of benzene rings is 1. The normalized spacial score (nSPS) is 35.4. The monoisotopic (exact) mass is 285 g/mol. The minimum atomic E-state index is -1.18. The van der Waals surface area contributed by atoms with Crippen LogP contribution in [0.1, 0.15) is 42.7 Å². The van der Waals surface area contributed by atoms with Crippen LogP contribution in [-0.4, -0.2) is 19.1 Å². The van der Waals surface area contributed by atoms with E-state index in [-0.39, 0.29) is 5.91 Å². The molecule has 0 aromatic heterocycles. The molecule has 2 heterocycles. The highest BCUT2D eigenvalue weighted by atomic mass is 16.7. The number of anilines is 1. The van der Waals surface area contributed by atoms with Crippen molar-refractivity contribution in [3.63, 3.8) is 0 Å². The Kier molecular flexibility index (Phi) is 2.37. The van der Waals surface area contributed by atoms with E-state index in [1.165, 1.54) is 31.2 Å². The lowest BCUT2D eigenvalue weighted by molar-refractivity contribution is -0.178. The Balaban J connectivity index is 1.56. The van der Waals surface area contributed by atoms with E-state index in [1.807, 2.05) is 6.07 Å². The molecule has 1 spiro atoms. The number of amides is 1. The number of hydrogen-bond donors (Lipinski definition) is 1. The van der Waals surface area contributed by atoms with Gasteiger partial charge in [0.05, 0.1) is 18.9 Å². The first kappa shape index (κ1) is 12.2. The SMILES string of the molecule is O=C1Nc2ccc(C3CC4CCC3C4)cc2C12OCCO2. The van der Waals surface area contributed by atoms with Crippen molar-refractivity contribution in [3.05, 3.63) is 29.3 Å². The molecule has 3 atom stereocenters. The van der Waals surface area contributed by atoms with Crippen molar-refractivity contribution < 1.29 is 14.3 Å². The van der Waals surface area contributed by atoms with Crippen molar-refractivity contribution in [3.8, 4) is 0 Å². The van der Waals surface area contributed by atoms with E-state index in [4.69, 9.17) is 9.47 Å². The fourth-order valence-electron chi connectivity index (χ4n) is 4.85. The number of carbonyl (C=O) groups is 1. The Hall–Kier alpha value is -1.39. The number of ether oxygens (including phenoxy) is 2. The average Bonchev–Trinajstić information content (AvgIpc) is 3.26. The van der Waals surface area contributed by atoms with Gasteiger partial charge < -0.3 is 14.8 Å². The van der Waals surface area contributed by atoms with E-state index >= 15 is 0 Å². The van der Waals surface area contributed by atoms with Gasteiger partial charge in [-0.1, -0.05) is 12.5 Å². The molecular formula is C17H19NO3. The van der Waals surface area contributed by atoms with E-state index in [0.717, 1.165) is 23.1 Å². The van der Waals surface area contributed by atoms with Crippen LogP contribution in [0, 0.1) is 11.8 Å². The summed E-state index contributed by atoms with van der Waals surface area (Å²) < 4.78 is 11.4. The number of carbonyl (C=O) groups excluding carboxylic acids is 1. The summed E-state index contributed by atoms with van der Waals surface area (Å²) in [5, 5.41) is 2.89. The maximum absolute atomic E-state index is 12.3. The molecule has 3 unspecified atom stereocenters. The lowest BCUT2D eigenvalue weighted by Gasteiger charge is -2.24. The van der Waals surface area contributed by atoms with E-state index in [1.54, 1.807) is 0 Å². The molecule has 110 valence electrons.